The van der Waals surface area contributed by atoms with Crippen molar-refractivity contribution in [2.45, 2.75) is 43.3 Å². The second-order valence-corrected chi connectivity index (χ2v) is 15.8. The molecule has 5 aromatic carbocycles. The first-order valence-corrected chi connectivity index (χ1v) is 18.6. The van der Waals surface area contributed by atoms with Gasteiger partial charge in [-0.25, -0.2) is 24.8 Å². The smallest absolute Gasteiger partial charge is 0.268 e. The monoisotopic (exact) mass is 673 g/mol. The van der Waals surface area contributed by atoms with Gasteiger partial charge in [0.2, 0.25) is 0 Å². The molecule has 0 atom stereocenters. The van der Waals surface area contributed by atoms with Crippen molar-refractivity contribution in [2.75, 3.05) is 0 Å². The standard InChI is InChI=1S/C39H35N3O4S2/c1-29-16-20-36(21-17-29)47(43,44)41-34(24-32-12-6-8-14-38(32)41)27-40(26-31-10-4-3-5-11-31)28-35-25-33-13-7-9-15-39(33)42(35)48(45,46)37-22-18-30(2)19-23-37/h3-25H,26-28H2,1-2H3. The van der Waals surface area contributed by atoms with Gasteiger partial charge in [-0.05, 0) is 67.9 Å². The summed E-state index contributed by atoms with van der Waals surface area (Å²) in [5.41, 5.74) is 5.29. The number of nitrogens with zero attached hydrogens (tertiary/aromatic N) is 3. The van der Waals surface area contributed by atoms with E-state index in [4.69, 9.17) is 0 Å². The molecule has 48 heavy (non-hydrogen) atoms. The molecular formula is C39H35N3O4S2. The highest BCUT2D eigenvalue weighted by Crippen LogP contribution is 2.30. The molecule has 7 nitrogen and oxygen atoms in total. The Morgan fingerprint density at radius 1 is 0.479 bits per heavy atom. The lowest BCUT2D eigenvalue weighted by Gasteiger charge is -2.24. The molecule has 242 valence electrons. The van der Waals surface area contributed by atoms with Crippen LogP contribution in [0.25, 0.3) is 21.8 Å². The van der Waals surface area contributed by atoms with Crippen molar-refractivity contribution in [1.82, 2.24) is 12.8 Å². The van der Waals surface area contributed by atoms with Crippen molar-refractivity contribution in [3.63, 3.8) is 0 Å². The van der Waals surface area contributed by atoms with Crippen molar-refractivity contribution in [1.29, 1.82) is 0 Å². The molecule has 7 aromatic rings. The fourth-order valence-electron chi connectivity index (χ4n) is 6.26. The topological polar surface area (TPSA) is 81.4 Å². The van der Waals surface area contributed by atoms with Gasteiger partial charge < -0.3 is 0 Å². The minimum Gasteiger partial charge on any atom is -0.288 e. The van der Waals surface area contributed by atoms with Crippen LogP contribution < -0.4 is 0 Å². The summed E-state index contributed by atoms with van der Waals surface area (Å²) in [5, 5.41) is 1.61. The Balaban J connectivity index is 1.37. The zero-order valence-electron chi connectivity index (χ0n) is 26.7. The number of benzene rings is 5. The Morgan fingerprint density at radius 2 is 0.875 bits per heavy atom. The molecule has 0 bridgehead atoms. The van der Waals surface area contributed by atoms with E-state index in [2.05, 4.69) is 4.90 Å². The zero-order chi connectivity index (χ0) is 33.5. The predicted molar refractivity (Wildman–Crippen MR) is 191 cm³/mol. The van der Waals surface area contributed by atoms with Gasteiger partial charge in [-0.1, -0.05) is 102 Å². The van der Waals surface area contributed by atoms with Crippen LogP contribution in [-0.4, -0.2) is 29.7 Å². The number of rotatable bonds is 10. The van der Waals surface area contributed by atoms with E-state index in [9.17, 15) is 16.8 Å². The minimum absolute atomic E-state index is 0.203. The third-order valence-corrected chi connectivity index (χ3v) is 12.2. The molecule has 7 rings (SSSR count). The maximum absolute atomic E-state index is 14.3. The van der Waals surface area contributed by atoms with E-state index in [1.54, 1.807) is 48.5 Å². The summed E-state index contributed by atoms with van der Waals surface area (Å²) in [6.07, 6.45) is 0. The first-order valence-electron chi connectivity index (χ1n) is 15.7. The van der Waals surface area contributed by atoms with Gasteiger partial charge in [0.15, 0.2) is 0 Å². The first kappa shape index (κ1) is 31.6. The lowest BCUT2D eigenvalue weighted by molar-refractivity contribution is 0.241. The molecule has 0 aliphatic carbocycles. The maximum atomic E-state index is 14.3. The molecule has 0 radical (unpaired) electrons. The van der Waals surface area contributed by atoms with E-state index in [0.717, 1.165) is 27.5 Å². The van der Waals surface area contributed by atoms with Crippen LogP contribution in [0.2, 0.25) is 0 Å². The van der Waals surface area contributed by atoms with Crippen LogP contribution >= 0.6 is 0 Å². The van der Waals surface area contributed by atoms with Crippen LogP contribution in [-0.2, 0) is 39.7 Å². The van der Waals surface area contributed by atoms with Gasteiger partial charge in [0.25, 0.3) is 20.0 Å². The molecule has 2 heterocycles. The van der Waals surface area contributed by atoms with Gasteiger partial charge in [-0.15, -0.1) is 0 Å². The highest BCUT2D eigenvalue weighted by Gasteiger charge is 2.27. The van der Waals surface area contributed by atoms with E-state index in [0.29, 0.717) is 29.0 Å². The van der Waals surface area contributed by atoms with Crippen LogP contribution in [0.15, 0.2) is 149 Å². The van der Waals surface area contributed by atoms with Gasteiger partial charge in [0, 0.05) is 41.8 Å². The molecule has 0 saturated heterocycles. The van der Waals surface area contributed by atoms with Crippen LogP contribution in [0.1, 0.15) is 28.1 Å². The molecule has 0 N–H and O–H groups in total. The third-order valence-electron chi connectivity index (χ3n) is 8.62. The number of aryl methyl sites for hydroxylation is 2. The van der Waals surface area contributed by atoms with Crippen LogP contribution in [0.4, 0.5) is 0 Å². The number of hydrogen-bond donors (Lipinski definition) is 0. The fourth-order valence-corrected chi connectivity index (χ4v) is 9.33. The normalized spacial score (nSPS) is 12.3. The quantitative estimate of drug-likeness (QED) is 0.148. The number of hydrogen-bond acceptors (Lipinski definition) is 5. The van der Waals surface area contributed by atoms with Crippen molar-refractivity contribution < 1.29 is 16.8 Å². The van der Waals surface area contributed by atoms with E-state index in [-0.39, 0.29) is 22.9 Å². The Labute approximate surface area is 281 Å². The van der Waals surface area contributed by atoms with Gasteiger partial charge in [-0.3, -0.25) is 4.90 Å². The maximum Gasteiger partial charge on any atom is 0.268 e. The predicted octanol–water partition coefficient (Wildman–Crippen LogP) is 7.89. The number of para-hydroxylation sites is 2. The average Bonchev–Trinajstić information content (AvgIpc) is 3.64. The highest BCUT2D eigenvalue weighted by atomic mass is 32.2. The zero-order valence-corrected chi connectivity index (χ0v) is 28.3. The molecule has 0 amide bonds. The van der Waals surface area contributed by atoms with E-state index < -0.39 is 20.0 Å². The Bertz CT molecular complexity index is 2310. The second-order valence-electron chi connectivity index (χ2n) is 12.2. The second kappa shape index (κ2) is 12.6. The molecule has 0 fully saturated rings. The lowest BCUT2D eigenvalue weighted by atomic mass is 10.2. The molecule has 0 spiro atoms. The average molecular weight is 674 g/mol. The van der Waals surface area contributed by atoms with Gasteiger partial charge in [0.05, 0.1) is 20.8 Å². The lowest BCUT2D eigenvalue weighted by Crippen LogP contribution is -2.27. The van der Waals surface area contributed by atoms with Crippen molar-refractivity contribution in [3.8, 4) is 0 Å². The SMILES string of the molecule is Cc1ccc(S(=O)(=O)n2c(CN(Cc3ccccc3)Cc3cc4ccccc4n3S(=O)(=O)c3ccc(C)cc3)cc3ccccc32)cc1. The van der Waals surface area contributed by atoms with Crippen molar-refractivity contribution in [3.05, 3.63) is 168 Å². The summed E-state index contributed by atoms with van der Waals surface area (Å²) in [6.45, 7) is 4.78. The van der Waals surface area contributed by atoms with E-state index in [1.807, 2.05) is 105 Å². The highest BCUT2D eigenvalue weighted by molar-refractivity contribution is 7.90. The minimum atomic E-state index is -3.96. The summed E-state index contributed by atoms with van der Waals surface area (Å²) in [5.74, 6) is 0. The summed E-state index contributed by atoms with van der Waals surface area (Å²) in [7, 11) is -7.93. The molecule has 0 unspecified atom stereocenters. The summed E-state index contributed by atoms with van der Waals surface area (Å²) >= 11 is 0. The molecular weight excluding hydrogens is 639 g/mol. The summed E-state index contributed by atoms with van der Waals surface area (Å²) in [6, 6.07) is 42.4. The van der Waals surface area contributed by atoms with Gasteiger partial charge in [-0.2, -0.15) is 0 Å². The van der Waals surface area contributed by atoms with Gasteiger partial charge >= 0.3 is 0 Å². The molecule has 0 aliphatic rings. The molecule has 0 saturated carbocycles. The Kier molecular flexibility index (Phi) is 8.29. The molecule has 0 aliphatic heterocycles. The summed E-state index contributed by atoms with van der Waals surface area (Å²) < 4.78 is 60.0. The first-order chi connectivity index (χ1) is 23.1. The summed E-state index contributed by atoms with van der Waals surface area (Å²) in [4.78, 5) is 2.50. The van der Waals surface area contributed by atoms with E-state index >= 15 is 0 Å². The van der Waals surface area contributed by atoms with Crippen LogP contribution in [0.5, 0.6) is 0 Å². The Morgan fingerprint density at radius 3 is 1.31 bits per heavy atom. The third kappa shape index (κ3) is 5.96. The van der Waals surface area contributed by atoms with Crippen LogP contribution in [0, 0.1) is 13.8 Å². The largest absolute Gasteiger partial charge is 0.288 e. The van der Waals surface area contributed by atoms with Crippen LogP contribution in [0.3, 0.4) is 0 Å². The Hall–Kier alpha value is -4.96. The fraction of sp³-hybridized carbons (Fsp3) is 0.128. The van der Waals surface area contributed by atoms with E-state index in [1.165, 1.54) is 7.94 Å². The number of aromatic nitrogens is 2. The molecule has 9 heteroatoms. The number of fused-ring (bicyclic) bond motifs is 2. The van der Waals surface area contributed by atoms with Crippen molar-refractivity contribution in [2.24, 2.45) is 0 Å². The van der Waals surface area contributed by atoms with Crippen molar-refractivity contribution >= 4 is 41.9 Å². The molecule has 2 aromatic heterocycles. The van der Waals surface area contributed by atoms with Gasteiger partial charge in [0.1, 0.15) is 0 Å².